The van der Waals surface area contributed by atoms with E-state index in [-0.39, 0.29) is 23.0 Å². The molecule has 1 aliphatic carbocycles. The summed E-state index contributed by atoms with van der Waals surface area (Å²) in [4.78, 5) is 1.71. The molecule has 14 heteroatoms. The first-order valence-corrected chi connectivity index (χ1v) is 13.4. The van der Waals surface area contributed by atoms with E-state index in [9.17, 15) is 26.0 Å². The molecule has 8 nitrogen and oxygen atoms in total. The molecular formula is C21H24F4N6O2S2. The first-order chi connectivity index (χ1) is 16.6. The summed E-state index contributed by atoms with van der Waals surface area (Å²) in [6, 6.07) is 3.59. The van der Waals surface area contributed by atoms with Gasteiger partial charge in [0, 0.05) is 24.8 Å². The van der Waals surface area contributed by atoms with E-state index in [1.54, 1.807) is 21.4 Å². The maximum absolute atomic E-state index is 13.5. The second-order valence-corrected chi connectivity index (χ2v) is 11.9. The first-order valence-electron chi connectivity index (χ1n) is 11.1. The standard InChI is InChI=1S/C21H24F4N6O2S2/c1-21(4-5-21)29-35(32,33)14-6-17(30-9-12(7-22)26-13(8-23)10-30)15-2-3-16(31(15)11-14)19-27-28-20(34-19)18(24)25/h2-3,6,11-13,18,26,29H,4-5,7-10H2,1H3/t12-,13-/m1/s1. The Kier molecular flexibility index (Phi) is 6.26. The number of aromatic nitrogens is 3. The SMILES string of the molecule is CC1(NS(=O)(=O)c2cc(N3C[C@@H](CF)N[C@H](CF)C3)c3ccc(-c4nnc(C(F)F)s4)n3c2)CC1. The van der Waals surface area contributed by atoms with Gasteiger partial charge in [-0.15, -0.1) is 10.2 Å². The van der Waals surface area contributed by atoms with Crippen LogP contribution in [0.15, 0.2) is 29.3 Å². The normalized spacial score (nSPS) is 22.3. The summed E-state index contributed by atoms with van der Waals surface area (Å²) in [6.07, 6.45) is 0.0583. The molecule has 1 saturated carbocycles. The molecule has 0 unspecified atom stereocenters. The van der Waals surface area contributed by atoms with Crippen molar-refractivity contribution in [2.45, 2.75) is 48.7 Å². The molecule has 0 amide bonds. The Balaban J connectivity index is 1.65. The van der Waals surface area contributed by atoms with Gasteiger partial charge in [-0.05, 0) is 38.0 Å². The van der Waals surface area contributed by atoms with E-state index < -0.39 is 52.4 Å². The summed E-state index contributed by atoms with van der Waals surface area (Å²) in [5, 5.41) is 10.1. The monoisotopic (exact) mass is 532 g/mol. The van der Waals surface area contributed by atoms with Crippen LogP contribution >= 0.6 is 11.3 Å². The second kappa shape index (κ2) is 8.98. The molecule has 0 aromatic carbocycles. The van der Waals surface area contributed by atoms with Crippen molar-refractivity contribution in [1.29, 1.82) is 0 Å². The van der Waals surface area contributed by atoms with E-state index in [0.29, 0.717) is 41.1 Å². The number of nitrogens with zero attached hydrogens (tertiary/aromatic N) is 4. The molecule has 0 spiro atoms. The van der Waals surface area contributed by atoms with Crippen LogP contribution in [0.25, 0.3) is 16.2 Å². The van der Waals surface area contributed by atoms with Gasteiger partial charge in [-0.2, -0.15) is 0 Å². The lowest BCUT2D eigenvalue weighted by Gasteiger charge is -2.38. The van der Waals surface area contributed by atoms with Crippen LogP contribution in [0.3, 0.4) is 0 Å². The summed E-state index contributed by atoms with van der Waals surface area (Å²) < 4.78 is 84.1. The topological polar surface area (TPSA) is 91.6 Å². The van der Waals surface area contributed by atoms with Gasteiger partial charge >= 0.3 is 0 Å². The Bertz CT molecular complexity index is 1330. The predicted molar refractivity (Wildman–Crippen MR) is 124 cm³/mol. The number of hydrogen-bond acceptors (Lipinski definition) is 7. The number of alkyl halides is 4. The lowest BCUT2D eigenvalue weighted by atomic mass is 10.1. The minimum Gasteiger partial charge on any atom is -0.366 e. The maximum atomic E-state index is 13.5. The molecule has 4 heterocycles. The molecule has 2 fully saturated rings. The zero-order chi connectivity index (χ0) is 25.0. The lowest BCUT2D eigenvalue weighted by molar-refractivity contribution is 0.150. The number of rotatable bonds is 8. The van der Waals surface area contributed by atoms with Crippen molar-refractivity contribution in [3.05, 3.63) is 29.4 Å². The van der Waals surface area contributed by atoms with Crippen molar-refractivity contribution in [3.63, 3.8) is 0 Å². The summed E-state index contributed by atoms with van der Waals surface area (Å²) in [7, 11) is -3.95. The summed E-state index contributed by atoms with van der Waals surface area (Å²) in [5.41, 5.74) is 0.895. The van der Waals surface area contributed by atoms with Crippen LogP contribution in [0, 0.1) is 0 Å². The quantitative estimate of drug-likeness (QED) is 0.433. The third-order valence-corrected chi connectivity index (χ3v) is 8.88. The van der Waals surface area contributed by atoms with Crippen molar-refractivity contribution in [2.75, 3.05) is 31.3 Å². The number of nitrogens with one attached hydrogen (secondary N) is 2. The van der Waals surface area contributed by atoms with Crippen LogP contribution in [0.5, 0.6) is 0 Å². The van der Waals surface area contributed by atoms with Gasteiger partial charge in [-0.1, -0.05) is 11.3 Å². The minimum absolute atomic E-state index is 0.0451. The number of halogens is 4. The van der Waals surface area contributed by atoms with Crippen LogP contribution in [-0.4, -0.2) is 67.1 Å². The molecule has 5 rings (SSSR count). The fourth-order valence-electron chi connectivity index (χ4n) is 4.27. The Hall–Kier alpha value is -2.29. The van der Waals surface area contributed by atoms with E-state index in [0.717, 1.165) is 0 Å². The zero-order valence-corrected chi connectivity index (χ0v) is 20.4. The largest absolute Gasteiger partial charge is 0.366 e. The highest BCUT2D eigenvalue weighted by Crippen LogP contribution is 2.38. The van der Waals surface area contributed by atoms with Gasteiger partial charge in [0.2, 0.25) is 10.0 Å². The highest BCUT2D eigenvalue weighted by Gasteiger charge is 2.41. The molecule has 0 bridgehead atoms. The smallest absolute Gasteiger partial charge is 0.291 e. The number of pyridine rings is 1. The Morgan fingerprint density at radius 3 is 2.46 bits per heavy atom. The molecule has 3 aromatic rings. The molecule has 2 atom stereocenters. The van der Waals surface area contributed by atoms with Crippen molar-refractivity contribution < 1.29 is 26.0 Å². The highest BCUT2D eigenvalue weighted by molar-refractivity contribution is 7.89. The molecule has 1 aliphatic heterocycles. The summed E-state index contributed by atoms with van der Waals surface area (Å²) >= 11 is 0.715. The average molecular weight is 533 g/mol. The van der Waals surface area contributed by atoms with Crippen molar-refractivity contribution >= 4 is 32.6 Å². The van der Waals surface area contributed by atoms with Gasteiger partial charge < -0.3 is 14.6 Å². The molecule has 1 saturated heterocycles. The molecule has 190 valence electrons. The number of anilines is 1. The Morgan fingerprint density at radius 2 is 1.89 bits per heavy atom. The van der Waals surface area contributed by atoms with Gasteiger partial charge in [0.25, 0.3) is 6.43 Å². The minimum atomic E-state index is -3.95. The van der Waals surface area contributed by atoms with E-state index in [1.165, 1.54) is 12.3 Å². The molecule has 0 radical (unpaired) electrons. The maximum Gasteiger partial charge on any atom is 0.291 e. The predicted octanol–water partition coefficient (Wildman–Crippen LogP) is 3.31. The second-order valence-electron chi connectivity index (χ2n) is 9.22. The van der Waals surface area contributed by atoms with E-state index in [2.05, 4.69) is 20.2 Å². The van der Waals surface area contributed by atoms with E-state index >= 15 is 0 Å². The number of sulfonamides is 1. The number of piperazine rings is 1. The average Bonchev–Trinajstić information content (AvgIpc) is 3.21. The van der Waals surface area contributed by atoms with Crippen LogP contribution in [0.1, 0.15) is 31.2 Å². The third kappa shape index (κ3) is 4.76. The van der Waals surface area contributed by atoms with Crippen molar-refractivity contribution in [3.8, 4) is 10.7 Å². The molecule has 35 heavy (non-hydrogen) atoms. The van der Waals surface area contributed by atoms with Gasteiger partial charge in [-0.3, -0.25) is 0 Å². The summed E-state index contributed by atoms with van der Waals surface area (Å²) in [6.45, 7) is 0.785. The first kappa shape index (κ1) is 24.4. The third-order valence-electron chi connectivity index (χ3n) is 6.32. The zero-order valence-electron chi connectivity index (χ0n) is 18.7. The van der Waals surface area contributed by atoms with Crippen LogP contribution < -0.4 is 14.9 Å². The fraction of sp³-hybridized carbons (Fsp3) is 0.524. The van der Waals surface area contributed by atoms with Gasteiger partial charge in [0.1, 0.15) is 18.2 Å². The molecular weight excluding hydrogens is 508 g/mol. The van der Waals surface area contributed by atoms with E-state index in [1.807, 2.05) is 6.92 Å². The molecule has 2 N–H and O–H groups in total. The van der Waals surface area contributed by atoms with E-state index in [4.69, 9.17) is 0 Å². The van der Waals surface area contributed by atoms with Crippen molar-refractivity contribution in [2.24, 2.45) is 0 Å². The lowest BCUT2D eigenvalue weighted by Crippen LogP contribution is -2.58. The van der Waals surface area contributed by atoms with Crippen LogP contribution in [0.2, 0.25) is 0 Å². The van der Waals surface area contributed by atoms with Gasteiger partial charge in [0.15, 0.2) is 10.0 Å². The van der Waals surface area contributed by atoms with Gasteiger partial charge in [0.05, 0.1) is 29.0 Å². The van der Waals surface area contributed by atoms with Crippen LogP contribution in [-0.2, 0) is 10.0 Å². The number of hydrogen-bond donors (Lipinski definition) is 2. The Labute approximate surface area is 203 Å². The molecule has 3 aromatic heterocycles. The molecule has 2 aliphatic rings. The Morgan fingerprint density at radius 1 is 1.20 bits per heavy atom. The highest BCUT2D eigenvalue weighted by atomic mass is 32.2. The fourth-order valence-corrected chi connectivity index (χ4v) is 6.47. The van der Waals surface area contributed by atoms with Crippen LogP contribution in [0.4, 0.5) is 23.2 Å². The van der Waals surface area contributed by atoms with Crippen molar-refractivity contribution in [1.82, 2.24) is 24.6 Å². The summed E-state index contributed by atoms with van der Waals surface area (Å²) in [5.74, 6) is 0. The number of fused-ring (bicyclic) bond motifs is 1. The van der Waals surface area contributed by atoms with Gasteiger partial charge in [-0.25, -0.2) is 30.7 Å².